The van der Waals surface area contributed by atoms with Gasteiger partial charge in [0.05, 0.1) is 6.07 Å². The molecule has 0 radical (unpaired) electrons. The van der Waals surface area contributed by atoms with Crippen molar-refractivity contribution in [3.63, 3.8) is 0 Å². The minimum absolute atomic E-state index is 0.127. The van der Waals surface area contributed by atoms with Gasteiger partial charge >= 0.3 is 0 Å². The average molecular weight is 340 g/mol. The van der Waals surface area contributed by atoms with Crippen LogP contribution in [0.2, 0.25) is 10.0 Å². The molecule has 0 saturated heterocycles. The number of anilines is 1. The average Bonchev–Trinajstić information content (AvgIpc) is 2.95. The molecule has 2 aromatic rings. The number of carbonyl (C=O) groups is 2. The van der Waals surface area contributed by atoms with Crippen LogP contribution in [-0.4, -0.2) is 16.7 Å². The van der Waals surface area contributed by atoms with Crippen molar-refractivity contribution in [3.05, 3.63) is 45.4 Å². The number of nitrogens with one attached hydrogen (secondary N) is 1. The number of nitriles is 1. The number of benzene rings is 1. The summed E-state index contributed by atoms with van der Waals surface area (Å²) < 4.78 is 0. The van der Waals surface area contributed by atoms with Crippen LogP contribution < -0.4 is 5.32 Å². The summed E-state index contributed by atoms with van der Waals surface area (Å²) in [6, 6.07) is 6.35. The van der Waals surface area contributed by atoms with Crippen LogP contribution in [0.25, 0.3) is 0 Å². The van der Waals surface area contributed by atoms with E-state index in [1.807, 2.05) is 0 Å². The lowest BCUT2D eigenvalue weighted by Crippen LogP contribution is -2.28. The summed E-state index contributed by atoms with van der Waals surface area (Å²) in [5, 5.41) is 13.8. The number of Topliss-reactive ketones (excluding diaryl/α,β-unsaturated/α-hetero) is 1. The number of rotatable bonds is 4. The molecule has 1 heterocycles. The second-order valence-electron chi connectivity index (χ2n) is 3.85. The van der Waals surface area contributed by atoms with E-state index in [1.165, 1.54) is 18.3 Å². The first-order chi connectivity index (χ1) is 10.0. The van der Waals surface area contributed by atoms with Crippen LogP contribution in [0.3, 0.4) is 0 Å². The molecule has 1 aromatic carbocycles. The summed E-state index contributed by atoms with van der Waals surface area (Å²) in [5.41, 5.74) is 0.127. The molecule has 1 amide bonds. The Balaban J connectivity index is 2.27. The van der Waals surface area contributed by atoms with Crippen molar-refractivity contribution in [2.75, 3.05) is 5.32 Å². The molecule has 106 valence electrons. The molecule has 21 heavy (non-hydrogen) atoms. The predicted molar refractivity (Wildman–Crippen MR) is 80.6 cm³/mol. The first kappa shape index (κ1) is 15.4. The zero-order chi connectivity index (χ0) is 15.4. The number of ketones is 1. The van der Waals surface area contributed by atoms with E-state index >= 15 is 0 Å². The Labute approximate surface area is 134 Å². The first-order valence-corrected chi connectivity index (χ1v) is 7.26. The van der Waals surface area contributed by atoms with Crippen molar-refractivity contribution in [1.29, 1.82) is 5.26 Å². The Morgan fingerprint density at radius 1 is 1.33 bits per heavy atom. The smallest absolute Gasteiger partial charge is 0.295 e. The van der Waals surface area contributed by atoms with Gasteiger partial charge in [0.2, 0.25) is 5.78 Å². The van der Waals surface area contributed by atoms with Gasteiger partial charge in [-0.3, -0.25) is 14.9 Å². The first-order valence-electron chi connectivity index (χ1n) is 5.62. The number of halogens is 2. The van der Waals surface area contributed by atoms with Gasteiger partial charge in [-0.25, -0.2) is 4.98 Å². The van der Waals surface area contributed by atoms with Crippen molar-refractivity contribution < 1.29 is 9.59 Å². The molecule has 0 aliphatic carbocycles. The summed E-state index contributed by atoms with van der Waals surface area (Å²) in [6.45, 7) is 0. The molecule has 1 aromatic heterocycles. The molecule has 0 bridgehead atoms. The Morgan fingerprint density at radius 2 is 2.00 bits per heavy atom. The Kier molecular flexibility index (Phi) is 4.91. The van der Waals surface area contributed by atoms with Crippen molar-refractivity contribution in [2.45, 2.75) is 5.92 Å². The van der Waals surface area contributed by atoms with Crippen LogP contribution in [0.15, 0.2) is 29.8 Å². The highest BCUT2D eigenvalue weighted by Gasteiger charge is 2.30. The molecular weight excluding hydrogens is 333 g/mol. The molecule has 0 fully saturated rings. The van der Waals surface area contributed by atoms with E-state index in [9.17, 15) is 14.9 Å². The lowest BCUT2D eigenvalue weighted by molar-refractivity contribution is -0.135. The number of carbonyl (C=O) groups excluding carboxylic acids is 2. The molecule has 1 atom stereocenters. The van der Waals surface area contributed by atoms with Crippen LogP contribution in [0.1, 0.15) is 11.5 Å². The molecule has 1 N–H and O–H groups in total. The van der Waals surface area contributed by atoms with Crippen molar-refractivity contribution in [3.8, 4) is 6.07 Å². The number of thiazole rings is 1. The number of hydrogen-bond acceptors (Lipinski definition) is 5. The van der Waals surface area contributed by atoms with Crippen LogP contribution in [0.5, 0.6) is 0 Å². The third-order valence-corrected chi connectivity index (χ3v) is 3.90. The third kappa shape index (κ3) is 3.39. The maximum absolute atomic E-state index is 12.1. The number of hydrogen-bond donors (Lipinski definition) is 1. The van der Waals surface area contributed by atoms with E-state index in [0.29, 0.717) is 0 Å². The normalized spacial score (nSPS) is 11.5. The Hall–Kier alpha value is -1.94. The quantitative estimate of drug-likeness (QED) is 0.866. The van der Waals surface area contributed by atoms with Gasteiger partial charge in [0.15, 0.2) is 5.13 Å². The van der Waals surface area contributed by atoms with Crippen molar-refractivity contribution in [2.24, 2.45) is 0 Å². The molecule has 0 spiro atoms. The summed E-state index contributed by atoms with van der Waals surface area (Å²) in [4.78, 5) is 27.8. The van der Waals surface area contributed by atoms with E-state index in [4.69, 9.17) is 23.2 Å². The molecular formula is C13H7Cl2N3O2S. The lowest BCUT2D eigenvalue weighted by Gasteiger charge is -2.11. The second kappa shape index (κ2) is 6.68. The van der Waals surface area contributed by atoms with Crippen molar-refractivity contribution >= 4 is 51.4 Å². The zero-order valence-corrected chi connectivity index (χ0v) is 12.7. The highest BCUT2D eigenvalue weighted by molar-refractivity contribution is 7.13. The fourth-order valence-corrected chi connectivity index (χ4v) is 2.76. The van der Waals surface area contributed by atoms with Gasteiger partial charge < -0.3 is 0 Å². The maximum atomic E-state index is 12.1. The fraction of sp³-hybridized carbons (Fsp3) is 0.0769. The fourth-order valence-electron chi connectivity index (χ4n) is 1.62. The molecule has 0 aliphatic rings. The maximum Gasteiger partial charge on any atom is 0.295 e. The van der Waals surface area contributed by atoms with Gasteiger partial charge in [0.1, 0.15) is 5.92 Å². The van der Waals surface area contributed by atoms with Crippen LogP contribution in [0.4, 0.5) is 5.13 Å². The summed E-state index contributed by atoms with van der Waals surface area (Å²) in [5.74, 6) is -3.25. The standard InChI is InChI=1S/C13H7Cl2N3O2S/c14-8-2-1-3-9(15)10(8)7(6-16)11(19)12(20)18-13-17-4-5-21-13/h1-5,7H,(H,17,18,20)/t7-/m1/s1. The van der Waals surface area contributed by atoms with E-state index in [-0.39, 0.29) is 20.7 Å². The van der Waals surface area contributed by atoms with Gasteiger partial charge in [-0.1, -0.05) is 29.3 Å². The van der Waals surface area contributed by atoms with Gasteiger partial charge in [-0.15, -0.1) is 11.3 Å². The molecule has 5 nitrogen and oxygen atoms in total. The topological polar surface area (TPSA) is 82.8 Å². The summed E-state index contributed by atoms with van der Waals surface area (Å²) in [7, 11) is 0. The molecule has 0 unspecified atom stereocenters. The van der Waals surface area contributed by atoms with E-state index in [0.717, 1.165) is 11.3 Å². The molecule has 0 saturated carbocycles. The minimum Gasteiger partial charge on any atom is -0.295 e. The van der Waals surface area contributed by atoms with Gasteiger partial charge in [-0.2, -0.15) is 5.26 Å². The number of nitrogens with zero attached hydrogens (tertiary/aromatic N) is 2. The minimum atomic E-state index is -1.37. The van der Waals surface area contributed by atoms with Gasteiger partial charge in [0.25, 0.3) is 5.91 Å². The zero-order valence-electron chi connectivity index (χ0n) is 10.3. The Morgan fingerprint density at radius 3 is 2.52 bits per heavy atom. The highest BCUT2D eigenvalue weighted by atomic mass is 35.5. The van der Waals surface area contributed by atoms with Gasteiger partial charge in [-0.05, 0) is 12.1 Å². The Bertz CT molecular complexity index is 705. The third-order valence-electron chi connectivity index (χ3n) is 2.56. The number of aromatic nitrogens is 1. The SMILES string of the molecule is N#C[C@@H](C(=O)C(=O)Nc1nccs1)c1c(Cl)cccc1Cl. The monoisotopic (exact) mass is 339 g/mol. The van der Waals surface area contributed by atoms with Crippen LogP contribution in [0, 0.1) is 11.3 Å². The van der Waals surface area contributed by atoms with E-state index in [2.05, 4.69) is 10.3 Å². The number of amides is 1. The van der Waals surface area contributed by atoms with E-state index in [1.54, 1.807) is 17.5 Å². The predicted octanol–water partition coefficient (Wildman–Crippen LogP) is 3.26. The molecule has 0 aliphatic heterocycles. The largest absolute Gasteiger partial charge is 0.295 e. The summed E-state index contributed by atoms with van der Waals surface area (Å²) in [6.07, 6.45) is 1.48. The molecule has 8 heteroatoms. The lowest BCUT2D eigenvalue weighted by atomic mass is 9.95. The highest BCUT2D eigenvalue weighted by Crippen LogP contribution is 2.32. The van der Waals surface area contributed by atoms with E-state index < -0.39 is 17.6 Å². The van der Waals surface area contributed by atoms with Crippen LogP contribution in [-0.2, 0) is 9.59 Å². The second-order valence-corrected chi connectivity index (χ2v) is 5.56. The van der Waals surface area contributed by atoms with Crippen molar-refractivity contribution in [1.82, 2.24) is 4.98 Å². The van der Waals surface area contributed by atoms with Gasteiger partial charge in [0, 0.05) is 27.2 Å². The molecule has 2 rings (SSSR count). The van der Waals surface area contributed by atoms with Crippen LogP contribution >= 0.6 is 34.5 Å². The summed E-state index contributed by atoms with van der Waals surface area (Å²) >= 11 is 13.1.